The Morgan fingerprint density at radius 3 is 3.00 bits per heavy atom. The van der Waals surface area contributed by atoms with Crippen LogP contribution >= 0.6 is 0 Å². The minimum absolute atomic E-state index is 0.386. The van der Waals surface area contributed by atoms with Crippen molar-refractivity contribution in [2.75, 3.05) is 25.5 Å². The molecule has 0 radical (unpaired) electrons. The van der Waals surface area contributed by atoms with Gasteiger partial charge in [0.1, 0.15) is 18.0 Å². The highest BCUT2D eigenvalue weighted by Crippen LogP contribution is 2.15. The molecule has 0 spiro atoms. The van der Waals surface area contributed by atoms with Gasteiger partial charge in [0.25, 0.3) is 0 Å². The summed E-state index contributed by atoms with van der Waals surface area (Å²) in [5.41, 5.74) is 6.39. The van der Waals surface area contributed by atoms with Crippen molar-refractivity contribution >= 4 is 11.8 Å². The van der Waals surface area contributed by atoms with Crippen molar-refractivity contribution in [1.29, 1.82) is 0 Å². The number of hydrogen-bond acceptors (Lipinski definition) is 6. The Morgan fingerprint density at radius 1 is 1.35 bits per heavy atom. The molecule has 0 saturated heterocycles. The standard InChI is InChI=1S/C14H19N7O2/c1-23-13-6-11(18-9-19-13)16-7-10-8-17-12-2-3-20(14(15)22)4-5-21(10)12/h6,8-9H,2-5,7H2,1H3,(H2,15,22)(H,16,18,19). The maximum atomic E-state index is 11.3. The minimum atomic E-state index is -0.386. The lowest BCUT2D eigenvalue weighted by atomic mass is 10.4. The molecule has 3 heterocycles. The summed E-state index contributed by atoms with van der Waals surface area (Å²) < 4.78 is 7.19. The number of carbonyl (C=O) groups is 1. The summed E-state index contributed by atoms with van der Waals surface area (Å²) in [5, 5.41) is 3.23. The minimum Gasteiger partial charge on any atom is -0.481 e. The van der Waals surface area contributed by atoms with Crippen LogP contribution in [0.4, 0.5) is 10.6 Å². The second-order valence-corrected chi connectivity index (χ2v) is 5.19. The van der Waals surface area contributed by atoms with Gasteiger partial charge in [-0.05, 0) is 0 Å². The summed E-state index contributed by atoms with van der Waals surface area (Å²) >= 11 is 0. The lowest BCUT2D eigenvalue weighted by Gasteiger charge is -2.17. The van der Waals surface area contributed by atoms with Crippen molar-refractivity contribution < 1.29 is 9.53 Å². The summed E-state index contributed by atoms with van der Waals surface area (Å²) in [6, 6.07) is 1.35. The predicted molar refractivity (Wildman–Crippen MR) is 83.0 cm³/mol. The molecular formula is C14H19N7O2. The topological polar surface area (TPSA) is 111 Å². The molecule has 122 valence electrons. The van der Waals surface area contributed by atoms with Gasteiger partial charge in [-0.25, -0.2) is 19.7 Å². The van der Waals surface area contributed by atoms with Gasteiger partial charge in [-0.15, -0.1) is 0 Å². The number of carbonyl (C=O) groups excluding carboxylic acids is 1. The van der Waals surface area contributed by atoms with Crippen LogP contribution in [-0.4, -0.2) is 50.6 Å². The van der Waals surface area contributed by atoms with Gasteiger partial charge in [-0.1, -0.05) is 0 Å². The molecule has 3 rings (SSSR count). The molecule has 1 aliphatic heterocycles. The lowest BCUT2D eigenvalue weighted by molar-refractivity contribution is 0.208. The predicted octanol–water partition coefficient (Wildman–Crippen LogP) is 0.231. The van der Waals surface area contributed by atoms with Crippen LogP contribution in [-0.2, 0) is 19.5 Å². The normalized spacial score (nSPS) is 14.0. The molecule has 1 aliphatic rings. The molecule has 0 bridgehead atoms. The Bertz CT molecular complexity index is 700. The zero-order valence-corrected chi connectivity index (χ0v) is 12.9. The van der Waals surface area contributed by atoms with Gasteiger partial charge >= 0.3 is 6.03 Å². The molecule has 2 aromatic heterocycles. The van der Waals surface area contributed by atoms with Gasteiger partial charge in [0, 0.05) is 32.1 Å². The Kier molecular flexibility index (Phi) is 4.26. The summed E-state index contributed by atoms with van der Waals surface area (Å²) in [7, 11) is 1.56. The van der Waals surface area contributed by atoms with E-state index in [1.54, 1.807) is 18.1 Å². The first-order valence-corrected chi connectivity index (χ1v) is 7.35. The van der Waals surface area contributed by atoms with Gasteiger partial charge in [0.05, 0.1) is 25.5 Å². The van der Waals surface area contributed by atoms with Crippen LogP contribution in [0.5, 0.6) is 5.88 Å². The number of primary amides is 1. The summed E-state index contributed by atoms with van der Waals surface area (Å²) in [5.74, 6) is 2.15. The molecule has 9 heteroatoms. The second kappa shape index (κ2) is 6.51. The highest BCUT2D eigenvalue weighted by Gasteiger charge is 2.19. The number of imidazole rings is 1. The van der Waals surface area contributed by atoms with E-state index in [1.807, 2.05) is 6.20 Å². The van der Waals surface area contributed by atoms with Crippen LogP contribution in [0.15, 0.2) is 18.6 Å². The van der Waals surface area contributed by atoms with Crippen LogP contribution in [0.3, 0.4) is 0 Å². The van der Waals surface area contributed by atoms with E-state index in [2.05, 4.69) is 24.8 Å². The monoisotopic (exact) mass is 317 g/mol. The first-order valence-electron chi connectivity index (χ1n) is 7.35. The summed E-state index contributed by atoms with van der Waals surface area (Å²) in [6.45, 7) is 2.45. The quantitative estimate of drug-likeness (QED) is 0.835. The fourth-order valence-corrected chi connectivity index (χ4v) is 2.58. The van der Waals surface area contributed by atoms with E-state index in [0.717, 1.165) is 11.5 Å². The molecule has 3 N–H and O–H groups in total. The zero-order valence-electron chi connectivity index (χ0n) is 12.9. The van der Waals surface area contributed by atoms with Crippen molar-refractivity contribution in [3.05, 3.63) is 30.1 Å². The first-order chi connectivity index (χ1) is 11.2. The molecule has 2 amide bonds. The number of aromatic nitrogens is 4. The third-order valence-corrected chi connectivity index (χ3v) is 3.83. The van der Waals surface area contributed by atoms with Crippen LogP contribution in [0.25, 0.3) is 0 Å². The van der Waals surface area contributed by atoms with Crippen molar-refractivity contribution in [2.45, 2.75) is 19.5 Å². The molecule has 0 unspecified atom stereocenters. The highest BCUT2D eigenvalue weighted by molar-refractivity contribution is 5.72. The molecular weight excluding hydrogens is 298 g/mol. The number of nitrogens with one attached hydrogen (secondary N) is 1. The smallest absolute Gasteiger partial charge is 0.314 e. The van der Waals surface area contributed by atoms with E-state index in [-0.39, 0.29) is 6.03 Å². The fraction of sp³-hybridized carbons (Fsp3) is 0.429. The maximum absolute atomic E-state index is 11.3. The average Bonchev–Trinajstić information content (AvgIpc) is 2.82. The van der Waals surface area contributed by atoms with E-state index < -0.39 is 0 Å². The highest BCUT2D eigenvalue weighted by atomic mass is 16.5. The van der Waals surface area contributed by atoms with Crippen LogP contribution in [0.2, 0.25) is 0 Å². The van der Waals surface area contributed by atoms with Crippen molar-refractivity contribution in [1.82, 2.24) is 24.4 Å². The van der Waals surface area contributed by atoms with Crippen LogP contribution in [0, 0.1) is 0 Å². The lowest BCUT2D eigenvalue weighted by Crippen LogP contribution is -2.37. The SMILES string of the molecule is COc1cc(NCc2cnc3n2CCN(C(N)=O)CC3)ncn1. The Labute approximate surface area is 133 Å². The Morgan fingerprint density at radius 2 is 2.22 bits per heavy atom. The molecule has 0 aromatic carbocycles. The third kappa shape index (κ3) is 3.33. The largest absolute Gasteiger partial charge is 0.481 e. The number of ether oxygens (including phenoxy) is 1. The van der Waals surface area contributed by atoms with Crippen LogP contribution in [0.1, 0.15) is 11.5 Å². The summed E-state index contributed by atoms with van der Waals surface area (Å²) in [4.78, 5) is 25.5. The molecule has 9 nitrogen and oxygen atoms in total. The van der Waals surface area contributed by atoms with E-state index in [9.17, 15) is 4.79 Å². The number of amides is 2. The molecule has 0 saturated carbocycles. The average molecular weight is 317 g/mol. The van der Waals surface area contributed by atoms with Gasteiger partial charge in [-0.3, -0.25) is 0 Å². The molecule has 0 fully saturated rings. The fourth-order valence-electron chi connectivity index (χ4n) is 2.58. The maximum Gasteiger partial charge on any atom is 0.314 e. The Balaban J connectivity index is 1.68. The summed E-state index contributed by atoms with van der Waals surface area (Å²) in [6.07, 6.45) is 3.99. The number of methoxy groups -OCH3 is 1. The van der Waals surface area contributed by atoms with E-state index in [1.165, 1.54) is 6.33 Å². The number of urea groups is 1. The number of rotatable bonds is 4. The van der Waals surface area contributed by atoms with E-state index in [0.29, 0.717) is 44.3 Å². The second-order valence-electron chi connectivity index (χ2n) is 5.19. The third-order valence-electron chi connectivity index (χ3n) is 3.83. The van der Waals surface area contributed by atoms with E-state index >= 15 is 0 Å². The molecule has 0 atom stereocenters. The van der Waals surface area contributed by atoms with E-state index in [4.69, 9.17) is 10.5 Å². The molecule has 23 heavy (non-hydrogen) atoms. The van der Waals surface area contributed by atoms with Gasteiger partial charge in [0.15, 0.2) is 0 Å². The molecule has 2 aromatic rings. The number of fused-ring (bicyclic) bond motifs is 1. The van der Waals surface area contributed by atoms with Crippen molar-refractivity contribution in [3.63, 3.8) is 0 Å². The van der Waals surface area contributed by atoms with Crippen molar-refractivity contribution in [3.8, 4) is 5.88 Å². The number of nitrogens with two attached hydrogens (primary N) is 1. The Hall–Kier alpha value is -2.84. The zero-order chi connectivity index (χ0) is 16.2. The number of anilines is 1. The van der Waals surface area contributed by atoms with Crippen LogP contribution < -0.4 is 15.8 Å². The van der Waals surface area contributed by atoms with Gasteiger partial charge in [-0.2, -0.15) is 0 Å². The van der Waals surface area contributed by atoms with Gasteiger partial charge < -0.3 is 25.3 Å². The number of nitrogens with zero attached hydrogens (tertiary/aromatic N) is 5. The number of hydrogen-bond donors (Lipinski definition) is 2. The van der Waals surface area contributed by atoms with Gasteiger partial charge in [0.2, 0.25) is 5.88 Å². The first kappa shape index (κ1) is 15.1. The molecule has 0 aliphatic carbocycles. The van der Waals surface area contributed by atoms with Crippen molar-refractivity contribution in [2.24, 2.45) is 5.73 Å².